The van der Waals surface area contributed by atoms with E-state index in [-0.39, 0.29) is 12.5 Å². The zero-order valence-corrected chi connectivity index (χ0v) is 18.8. The molecule has 2 aromatic carbocycles. The van der Waals surface area contributed by atoms with Crippen LogP contribution < -0.4 is 4.74 Å². The van der Waals surface area contributed by atoms with Gasteiger partial charge in [-0.1, -0.05) is 47.5 Å². The lowest BCUT2D eigenvalue weighted by Crippen LogP contribution is -2.48. The molecule has 5 nitrogen and oxygen atoms in total. The molecule has 1 aliphatic heterocycles. The predicted octanol–water partition coefficient (Wildman–Crippen LogP) is 5.43. The Labute approximate surface area is 192 Å². The van der Waals surface area contributed by atoms with Crippen molar-refractivity contribution < 1.29 is 13.9 Å². The number of para-hydroxylation sites is 1. The molecule has 0 saturated carbocycles. The van der Waals surface area contributed by atoms with E-state index < -0.39 is 0 Å². The second-order valence-corrected chi connectivity index (χ2v) is 8.40. The Kier molecular flexibility index (Phi) is 6.86. The van der Waals surface area contributed by atoms with Gasteiger partial charge in [-0.2, -0.15) is 0 Å². The van der Waals surface area contributed by atoms with Gasteiger partial charge in [0.05, 0.1) is 0 Å². The Hall–Kier alpha value is -2.47. The smallest absolute Gasteiger partial charge is 0.289 e. The van der Waals surface area contributed by atoms with Gasteiger partial charge in [0.2, 0.25) is 0 Å². The summed E-state index contributed by atoms with van der Waals surface area (Å²) in [5.41, 5.74) is 1.98. The van der Waals surface area contributed by atoms with Crippen LogP contribution in [0, 0.1) is 6.92 Å². The fourth-order valence-corrected chi connectivity index (χ4v) is 4.13. The number of halogens is 2. The molecule has 0 aliphatic carbocycles. The van der Waals surface area contributed by atoms with E-state index in [4.69, 9.17) is 32.4 Å². The number of ether oxygens (including phenoxy) is 1. The molecule has 162 valence electrons. The number of rotatable bonds is 6. The van der Waals surface area contributed by atoms with Crippen molar-refractivity contribution in [3.8, 4) is 5.75 Å². The number of furan rings is 1. The maximum Gasteiger partial charge on any atom is 0.289 e. The highest BCUT2D eigenvalue weighted by atomic mass is 35.5. The van der Waals surface area contributed by atoms with Gasteiger partial charge in [0, 0.05) is 48.3 Å². The Bertz CT molecular complexity index is 1040. The molecule has 4 rings (SSSR count). The second kappa shape index (κ2) is 9.77. The van der Waals surface area contributed by atoms with Crippen molar-refractivity contribution in [3.05, 3.63) is 87.3 Å². The van der Waals surface area contributed by atoms with Crippen molar-refractivity contribution in [1.82, 2.24) is 9.80 Å². The number of hydrogen-bond donors (Lipinski definition) is 0. The van der Waals surface area contributed by atoms with Gasteiger partial charge in [-0.05, 0) is 42.8 Å². The number of aryl methyl sites for hydroxylation is 1. The average Bonchev–Trinajstić information content (AvgIpc) is 3.25. The van der Waals surface area contributed by atoms with E-state index in [9.17, 15) is 4.79 Å². The molecule has 0 bridgehead atoms. The first kappa shape index (κ1) is 21.8. The summed E-state index contributed by atoms with van der Waals surface area (Å²) in [7, 11) is 0. The van der Waals surface area contributed by atoms with Crippen LogP contribution in [0.25, 0.3) is 0 Å². The summed E-state index contributed by atoms with van der Waals surface area (Å²) in [4.78, 5) is 16.9. The van der Waals surface area contributed by atoms with Gasteiger partial charge in [-0.25, -0.2) is 0 Å². The van der Waals surface area contributed by atoms with Crippen LogP contribution in [0.3, 0.4) is 0 Å². The zero-order chi connectivity index (χ0) is 21.8. The maximum atomic E-state index is 12.8. The Morgan fingerprint density at radius 2 is 1.68 bits per heavy atom. The molecule has 7 heteroatoms. The zero-order valence-electron chi connectivity index (χ0n) is 17.3. The van der Waals surface area contributed by atoms with Gasteiger partial charge in [0.15, 0.2) is 5.76 Å². The van der Waals surface area contributed by atoms with E-state index in [0.717, 1.165) is 30.0 Å². The molecule has 0 N–H and O–H groups in total. The average molecular weight is 459 g/mol. The third kappa shape index (κ3) is 5.24. The molecule has 0 atom stereocenters. The van der Waals surface area contributed by atoms with Gasteiger partial charge in [-0.15, -0.1) is 0 Å². The van der Waals surface area contributed by atoms with Crippen LogP contribution in [0.1, 0.15) is 27.4 Å². The minimum absolute atomic E-state index is 0.0995. The van der Waals surface area contributed by atoms with Crippen LogP contribution >= 0.6 is 23.2 Å². The van der Waals surface area contributed by atoms with Gasteiger partial charge in [0.1, 0.15) is 18.1 Å². The number of benzene rings is 2. The van der Waals surface area contributed by atoms with E-state index >= 15 is 0 Å². The first-order chi connectivity index (χ1) is 15.0. The second-order valence-electron chi connectivity index (χ2n) is 7.59. The number of carbonyl (C=O) groups is 1. The number of carbonyl (C=O) groups excluding carboxylic acids is 1. The number of piperazine rings is 1. The lowest BCUT2D eigenvalue weighted by atomic mass is 10.2. The normalized spacial score (nSPS) is 14.6. The van der Waals surface area contributed by atoms with Crippen molar-refractivity contribution in [1.29, 1.82) is 0 Å². The molecule has 0 spiro atoms. The Morgan fingerprint density at radius 1 is 0.968 bits per heavy atom. The van der Waals surface area contributed by atoms with Crippen molar-refractivity contribution >= 4 is 29.1 Å². The standard InChI is InChI=1S/C24H24Cl2N2O3/c1-17-5-2-3-8-22(17)30-16-18-9-10-23(31-18)24(29)28-13-11-27(12-14-28)15-19-20(25)6-4-7-21(19)26/h2-10H,11-16H2,1H3. The Morgan fingerprint density at radius 3 is 2.39 bits per heavy atom. The molecule has 1 amide bonds. The first-order valence-electron chi connectivity index (χ1n) is 10.2. The summed E-state index contributed by atoms with van der Waals surface area (Å²) >= 11 is 12.6. The van der Waals surface area contributed by atoms with Crippen LogP contribution in [0.2, 0.25) is 10.0 Å². The Balaban J connectivity index is 1.30. The molecule has 0 unspecified atom stereocenters. The van der Waals surface area contributed by atoms with Crippen molar-refractivity contribution in [2.24, 2.45) is 0 Å². The van der Waals surface area contributed by atoms with Crippen LogP contribution in [0.5, 0.6) is 5.75 Å². The van der Waals surface area contributed by atoms with E-state index in [1.165, 1.54) is 0 Å². The van der Waals surface area contributed by atoms with E-state index in [1.54, 1.807) is 12.1 Å². The largest absolute Gasteiger partial charge is 0.485 e. The highest BCUT2D eigenvalue weighted by Crippen LogP contribution is 2.26. The molecule has 3 aromatic rings. The number of hydrogen-bond acceptors (Lipinski definition) is 4. The van der Waals surface area contributed by atoms with E-state index in [0.29, 0.717) is 41.2 Å². The fraction of sp³-hybridized carbons (Fsp3) is 0.292. The molecule has 1 saturated heterocycles. The lowest BCUT2D eigenvalue weighted by Gasteiger charge is -2.34. The topological polar surface area (TPSA) is 45.9 Å². The molecule has 1 fully saturated rings. The minimum atomic E-state index is -0.0995. The maximum absolute atomic E-state index is 12.8. The highest BCUT2D eigenvalue weighted by Gasteiger charge is 2.25. The fourth-order valence-electron chi connectivity index (χ4n) is 3.61. The molecule has 31 heavy (non-hydrogen) atoms. The van der Waals surface area contributed by atoms with Crippen molar-refractivity contribution in [2.45, 2.75) is 20.1 Å². The highest BCUT2D eigenvalue weighted by molar-refractivity contribution is 6.35. The molecule has 2 heterocycles. The van der Waals surface area contributed by atoms with E-state index in [2.05, 4.69) is 4.90 Å². The quantitative estimate of drug-likeness (QED) is 0.493. The van der Waals surface area contributed by atoms with Gasteiger partial charge >= 0.3 is 0 Å². The van der Waals surface area contributed by atoms with Crippen LogP contribution in [0.4, 0.5) is 0 Å². The van der Waals surface area contributed by atoms with Gasteiger partial charge in [-0.3, -0.25) is 9.69 Å². The molecular formula is C24H24Cl2N2O3. The summed E-state index contributed by atoms with van der Waals surface area (Å²) in [6.45, 7) is 5.68. The SMILES string of the molecule is Cc1ccccc1OCc1ccc(C(=O)N2CCN(Cc3c(Cl)cccc3Cl)CC2)o1. The summed E-state index contributed by atoms with van der Waals surface area (Å²) in [5.74, 6) is 1.67. The number of nitrogens with zero attached hydrogens (tertiary/aromatic N) is 2. The summed E-state index contributed by atoms with van der Waals surface area (Å²) in [5, 5.41) is 1.34. The van der Waals surface area contributed by atoms with Gasteiger partial charge < -0.3 is 14.1 Å². The van der Waals surface area contributed by atoms with Crippen molar-refractivity contribution in [2.75, 3.05) is 26.2 Å². The van der Waals surface area contributed by atoms with Crippen molar-refractivity contribution in [3.63, 3.8) is 0 Å². The van der Waals surface area contributed by atoms with Gasteiger partial charge in [0.25, 0.3) is 5.91 Å². The minimum Gasteiger partial charge on any atom is -0.485 e. The third-order valence-corrected chi connectivity index (χ3v) is 6.15. The van der Waals surface area contributed by atoms with E-state index in [1.807, 2.05) is 54.3 Å². The first-order valence-corrected chi connectivity index (χ1v) is 11.0. The lowest BCUT2D eigenvalue weighted by molar-refractivity contribution is 0.0594. The van der Waals surface area contributed by atoms with Crippen LogP contribution in [0.15, 0.2) is 59.0 Å². The third-order valence-electron chi connectivity index (χ3n) is 5.44. The van der Waals surface area contributed by atoms with Crippen LogP contribution in [-0.2, 0) is 13.2 Å². The molecule has 0 radical (unpaired) electrons. The summed E-state index contributed by atoms with van der Waals surface area (Å²) in [6.07, 6.45) is 0. The molecule has 1 aromatic heterocycles. The monoisotopic (exact) mass is 458 g/mol. The summed E-state index contributed by atoms with van der Waals surface area (Å²) < 4.78 is 11.6. The summed E-state index contributed by atoms with van der Waals surface area (Å²) in [6, 6.07) is 16.9. The number of amides is 1. The molecule has 1 aliphatic rings. The molecular weight excluding hydrogens is 435 g/mol. The predicted molar refractivity (Wildman–Crippen MR) is 122 cm³/mol. The van der Waals surface area contributed by atoms with Crippen LogP contribution in [-0.4, -0.2) is 41.9 Å².